The van der Waals surface area contributed by atoms with E-state index in [1.165, 1.54) is 44.3 Å². The van der Waals surface area contributed by atoms with Gasteiger partial charge >= 0.3 is 0 Å². The predicted octanol–water partition coefficient (Wildman–Crippen LogP) is 1.91. The number of aromatic nitrogens is 1. The average Bonchev–Trinajstić information content (AvgIpc) is 2.66. The maximum absolute atomic E-state index is 3.61. The number of nitrogens with zero attached hydrogens (tertiary/aromatic N) is 2. The Balaban J connectivity index is 1.85. The number of nitrogens with one attached hydrogen (secondary N) is 1. The van der Waals surface area contributed by atoms with Crippen LogP contribution in [0.2, 0.25) is 0 Å². The minimum atomic E-state index is 0.587. The summed E-state index contributed by atoms with van der Waals surface area (Å²) in [5.74, 6) is 0. The Morgan fingerprint density at radius 2 is 2.24 bits per heavy atom. The molecule has 0 aliphatic carbocycles. The van der Waals surface area contributed by atoms with Crippen molar-refractivity contribution in [1.82, 2.24) is 14.8 Å². The standard InChI is InChI=1S/C14H23N3/c1-16-9-6-12(11-16)14-10-15-7-5-13-4-2-3-8-17(13)14/h6,9,11,13-15H,2-5,7-8,10H2,1H3. The number of piperidine rings is 1. The highest BCUT2D eigenvalue weighted by Crippen LogP contribution is 2.31. The Morgan fingerprint density at radius 1 is 1.29 bits per heavy atom. The van der Waals surface area contributed by atoms with Gasteiger partial charge in [0.1, 0.15) is 0 Å². The van der Waals surface area contributed by atoms with Crippen LogP contribution >= 0.6 is 0 Å². The molecule has 0 spiro atoms. The quantitative estimate of drug-likeness (QED) is 0.799. The van der Waals surface area contributed by atoms with Gasteiger partial charge in [0.25, 0.3) is 0 Å². The minimum absolute atomic E-state index is 0.587. The highest BCUT2D eigenvalue weighted by atomic mass is 15.2. The number of aryl methyl sites for hydroxylation is 1. The van der Waals surface area contributed by atoms with Gasteiger partial charge in [0.15, 0.2) is 0 Å². The Hall–Kier alpha value is -0.800. The molecule has 3 heterocycles. The first kappa shape index (κ1) is 11.3. The lowest BCUT2D eigenvalue weighted by atomic mass is 9.96. The van der Waals surface area contributed by atoms with E-state index in [0.29, 0.717) is 6.04 Å². The Bertz CT molecular complexity index is 371. The van der Waals surface area contributed by atoms with Gasteiger partial charge in [-0.3, -0.25) is 4.90 Å². The van der Waals surface area contributed by atoms with Gasteiger partial charge in [-0.25, -0.2) is 0 Å². The third-order valence-corrected chi connectivity index (χ3v) is 4.30. The van der Waals surface area contributed by atoms with Crippen LogP contribution in [0.3, 0.4) is 0 Å². The van der Waals surface area contributed by atoms with Crippen molar-refractivity contribution < 1.29 is 0 Å². The fraction of sp³-hybridized carbons (Fsp3) is 0.714. The number of hydrogen-bond acceptors (Lipinski definition) is 2. The van der Waals surface area contributed by atoms with Crippen LogP contribution in [0.15, 0.2) is 18.5 Å². The maximum Gasteiger partial charge on any atom is 0.0490 e. The first-order valence-corrected chi connectivity index (χ1v) is 6.93. The van der Waals surface area contributed by atoms with Gasteiger partial charge < -0.3 is 9.88 Å². The van der Waals surface area contributed by atoms with Gasteiger partial charge in [-0.2, -0.15) is 0 Å². The molecule has 1 aromatic rings. The molecule has 1 aromatic heterocycles. The molecule has 0 aromatic carbocycles. The van der Waals surface area contributed by atoms with Crippen LogP contribution in [0.1, 0.15) is 37.3 Å². The number of hydrogen-bond donors (Lipinski definition) is 1. The molecular formula is C14H23N3. The van der Waals surface area contributed by atoms with Gasteiger partial charge in [-0.15, -0.1) is 0 Å². The molecule has 17 heavy (non-hydrogen) atoms. The minimum Gasteiger partial charge on any atom is -0.357 e. The first-order chi connectivity index (χ1) is 8.34. The summed E-state index contributed by atoms with van der Waals surface area (Å²) in [7, 11) is 2.11. The lowest BCUT2D eigenvalue weighted by Crippen LogP contribution is -2.42. The van der Waals surface area contributed by atoms with Crippen molar-refractivity contribution in [3.8, 4) is 0 Å². The average molecular weight is 233 g/mol. The van der Waals surface area contributed by atoms with Crippen LogP contribution in [0.4, 0.5) is 0 Å². The van der Waals surface area contributed by atoms with Crippen molar-refractivity contribution >= 4 is 0 Å². The molecule has 2 saturated heterocycles. The smallest absolute Gasteiger partial charge is 0.0490 e. The Labute approximate surface area is 104 Å². The van der Waals surface area contributed by atoms with E-state index in [-0.39, 0.29) is 0 Å². The van der Waals surface area contributed by atoms with Gasteiger partial charge in [-0.05, 0) is 44.0 Å². The number of rotatable bonds is 1. The molecule has 0 bridgehead atoms. The molecule has 0 amide bonds. The van der Waals surface area contributed by atoms with Crippen molar-refractivity contribution in [3.05, 3.63) is 24.0 Å². The fourth-order valence-corrected chi connectivity index (χ4v) is 3.40. The fourth-order valence-electron chi connectivity index (χ4n) is 3.40. The highest BCUT2D eigenvalue weighted by Gasteiger charge is 2.31. The van der Waals surface area contributed by atoms with Gasteiger partial charge in [0, 0.05) is 38.1 Å². The third-order valence-electron chi connectivity index (χ3n) is 4.30. The molecule has 0 radical (unpaired) electrons. The van der Waals surface area contributed by atoms with E-state index < -0.39 is 0 Å². The summed E-state index contributed by atoms with van der Waals surface area (Å²) in [6.07, 6.45) is 9.96. The van der Waals surface area contributed by atoms with Gasteiger partial charge in [0.05, 0.1) is 0 Å². The van der Waals surface area contributed by atoms with Crippen molar-refractivity contribution in [2.75, 3.05) is 19.6 Å². The van der Waals surface area contributed by atoms with Crippen LogP contribution in [0.5, 0.6) is 0 Å². The SMILES string of the molecule is Cn1ccc(C2CNCCC3CCCCN32)c1. The molecule has 2 atom stereocenters. The summed E-state index contributed by atoms with van der Waals surface area (Å²) in [6.45, 7) is 3.58. The molecule has 1 N–H and O–H groups in total. The molecule has 0 saturated carbocycles. The van der Waals surface area contributed by atoms with E-state index >= 15 is 0 Å². The zero-order chi connectivity index (χ0) is 11.7. The molecular weight excluding hydrogens is 210 g/mol. The highest BCUT2D eigenvalue weighted by molar-refractivity contribution is 5.17. The van der Waals surface area contributed by atoms with E-state index in [0.717, 1.165) is 12.6 Å². The molecule has 3 rings (SSSR count). The lowest BCUT2D eigenvalue weighted by Gasteiger charge is -2.39. The second-order valence-corrected chi connectivity index (χ2v) is 5.51. The normalized spacial score (nSPS) is 30.9. The van der Waals surface area contributed by atoms with E-state index in [2.05, 4.69) is 40.3 Å². The summed E-state index contributed by atoms with van der Waals surface area (Å²) in [4.78, 5) is 2.75. The summed E-state index contributed by atoms with van der Waals surface area (Å²) < 4.78 is 2.17. The molecule has 3 nitrogen and oxygen atoms in total. The van der Waals surface area contributed by atoms with Crippen LogP contribution in [0, 0.1) is 0 Å². The molecule has 2 aliphatic heterocycles. The third kappa shape index (κ3) is 2.26. The van der Waals surface area contributed by atoms with Crippen molar-refractivity contribution in [1.29, 1.82) is 0 Å². The van der Waals surface area contributed by atoms with E-state index in [9.17, 15) is 0 Å². The lowest BCUT2D eigenvalue weighted by molar-refractivity contribution is 0.104. The van der Waals surface area contributed by atoms with Crippen LogP contribution in [-0.4, -0.2) is 35.1 Å². The zero-order valence-corrected chi connectivity index (χ0v) is 10.7. The van der Waals surface area contributed by atoms with Gasteiger partial charge in [-0.1, -0.05) is 6.42 Å². The van der Waals surface area contributed by atoms with E-state index in [1.807, 2.05) is 0 Å². The van der Waals surface area contributed by atoms with E-state index in [1.54, 1.807) is 0 Å². The maximum atomic E-state index is 3.61. The predicted molar refractivity (Wildman–Crippen MR) is 70.0 cm³/mol. The van der Waals surface area contributed by atoms with Crippen molar-refractivity contribution in [2.24, 2.45) is 7.05 Å². The summed E-state index contributed by atoms with van der Waals surface area (Å²) >= 11 is 0. The van der Waals surface area contributed by atoms with Crippen molar-refractivity contribution in [2.45, 2.75) is 37.8 Å². The number of fused-ring (bicyclic) bond motifs is 1. The van der Waals surface area contributed by atoms with Gasteiger partial charge in [0.2, 0.25) is 0 Å². The Morgan fingerprint density at radius 3 is 3.06 bits per heavy atom. The van der Waals surface area contributed by atoms with Crippen LogP contribution < -0.4 is 5.32 Å². The summed E-state index contributed by atoms with van der Waals surface area (Å²) in [5.41, 5.74) is 1.48. The zero-order valence-electron chi connectivity index (χ0n) is 10.7. The second kappa shape index (κ2) is 4.83. The monoisotopic (exact) mass is 233 g/mol. The molecule has 2 fully saturated rings. The summed E-state index contributed by atoms with van der Waals surface area (Å²) in [6, 6.07) is 3.68. The van der Waals surface area contributed by atoms with Crippen molar-refractivity contribution in [3.63, 3.8) is 0 Å². The first-order valence-electron chi connectivity index (χ1n) is 6.93. The molecule has 2 aliphatic rings. The topological polar surface area (TPSA) is 20.2 Å². The Kier molecular flexibility index (Phi) is 3.21. The van der Waals surface area contributed by atoms with Crippen LogP contribution in [0.25, 0.3) is 0 Å². The molecule has 94 valence electrons. The molecule has 3 heteroatoms. The summed E-state index contributed by atoms with van der Waals surface area (Å²) in [5, 5.41) is 3.61. The van der Waals surface area contributed by atoms with Crippen LogP contribution in [-0.2, 0) is 7.05 Å². The largest absolute Gasteiger partial charge is 0.357 e. The van der Waals surface area contributed by atoms with E-state index in [4.69, 9.17) is 0 Å². The second-order valence-electron chi connectivity index (χ2n) is 5.51. The molecule has 2 unspecified atom stereocenters.